The summed E-state index contributed by atoms with van der Waals surface area (Å²) in [7, 11) is 0. The van der Waals surface area contributed by atoms with Gasteiger partial charge in [-0.2, -0.15) is 0 Å². The molecular formula is C33H20N4S. The molecule has 0 aliphatic rings. The van der Waals surface area contributed by atoms with Gasteiger partial charge in [0, 0.05) is 49.7 Å². The number of benzene rings is 4. The van der Waals surface area contributed by atoms with Crippen molar-refractivity contribution in [2.24, 2.45) is 0 Å². The molecular weight excluding hydrogens is 484 g/mol. The molecule has 0 bridgehead atoms. The lowest BCUT2D eigenvalue weighted by atomic mass is 10.0. The first-order chi connectivity index (χ1) is 18.8. The maximum atomic E-state index is 4.80. The summed E-state index contributed by atoms with van der Waals surface area (Å²) < 4.78 is 4.67. The van der Waals surface area contributed by atoms with Gasteiger partial charge in [0.1, 0.15) is 0 Å². The van der Waals surface area contributed by atoms with Crippen LogP contribution in [0.25, 0.3) is 70.3 Å². The maximum Gasteiger partial charge on any atom is 0.234 e. The van der Waals surface area contributed by atoms with Crippen molar-refractivity contribution in [3.63, 3.8) is 0 Å². The van der Waals surface area contributed by atoms with Gasteiger partial charge in [-0.05, 0) is 41.0 Å². The Morgan fingerprint density at radius 1 is 0.553 bits per heavy atom. The normalized spacial score (nSPS) is 11.7. The molecule has 0 fully saturated rings. The Kier molecular flexibility index (Phi) is 4.66. The lowest BCUT2D eigenvalue weighted by molar-refractivity contribution is 0.989. The zero-order valence-electron chi connectivity index (χ0n) is 20.2. The number of hydrogen-bond donors (Lipinski definition) is 0. The van der Waals surface area contributed by atoms with Gasteiger partial charge >= 0.3 is 0 Å². The second-order valence-corrected chi connectivity index (χ2v) is 10.4. The number of nitrogens with zero attached hydrogens (tertiary/aromatic N) is 4. The van der Waals surface area contributed by atoms with Crippen molar-refractivity contribution in [1.82, 2.24) is 19.5 Å². The van der Waals surface area contributed by atoms with Gasteiger partial charge in [-0.1, -0.05) is 78.9 Å². The number of aromatic nitrogens is 4. The minimum absolute atomic E-state index is 0.642. The van der Waals surface area contributed by atoms with E-state index in [4.69, 9.17) is 15.0 Å². The van der Waals surface area contributed by atoms with Crippen LogP contribution in [0.5, 0.6) is 0 Å². The first-order valence-electron chi connectivity index (χ1n) is 12.5. The van der Waals surface area contributed by atoms with Crippen molar-refractivity contribution in [3.8, 4) is 28.2 Å². The molecule has 0 spiro atoms. The second-order valence-electron chi connectivity index (χ2n) is 9.36. The topological polar surface area (TPSA) is 43.6 Å². The number of pyridine rings is 1. The molecule has 0 amide bonds. The lowest BCUT2D eigenvalue weighted by Gasteiger charge is -2.07. The average Bonchev–Trinajstić information content (AvgIpc) is 3.52. The average molecular weight is 505 g/mol. The third-order valence-corrected chi connectivity index (χ3v) is 8.37. The molecule has 0 aliphatic heterocycles. The summed E-state index contributed by atoms with van der Waals surface area (Å²) in [5.74, 6) is 0.642. The molecule has 0 saturated heterocycles. The van der Waals surface area contributed by atoms with Crippen LogP contribution in [0.3, 0.4) is 0 Å². The highest BCUT2D eigenvalue weighted by Crippen LogP contribution is 2.43. The highest BCUT2D eigenvalue weighted by Gasteiger charge is 2.18. The van der Waals surface area contributed by atoms with Crippen molar-refractivity contribution in [1.29, 1.82) is 0 Å². The largest absolute Gasteiger partial charge is 0.276 e. The molecule has 0 saturated carbocycles. The Labute approximate surface area is 222 Å². The smallest absolute Gasteiger partial charge is 0.234 e. The summed E-state index contributed by atoms with van der Waals surface area (Å²) >= 11 is 1.84. The van der Waals surface area contributed by atoms with Gasteiger partial charge < -0.3 is 0 Å². The van der Waals surface area contributed by atoms with Gasteiger partial charge in [-0.25, -0.2) is 9.97 Å². The second kappa shape index (κ2) is 8.33. The summed E-state index contributed by atoms with van der Waals surface area (Å²) in [6, 6.07) is 36.1. The molecule has 0 radical (unpaired) electrons. The Bertz CT molecular complexity index is 2110. The van der Waals surface area contributed by atoms with Crippen molar-refractivity contribution in [2.75, 3.05) is 0 Å². The molecule has 4 aromatic heterocycles. The predicted molar refractivity (Wildman–Crippen MR) is 158 cm³/mol. The van der Waals surface area contributed by atoms with Crippen molar-refractivity contribution >= 4 is 53.4 Å². The van der Waals surface area contributed by atoms with Gasteiger partial charge in [0.15, 0.2) is 0 Å². The molecule has 178 valence electrons. The minimum Gasteiger partial charge on any atom is -0.276 e. The minimum atomic E-state index is 0.642. The van der Waals surface area contributed by atoms with E-state index in [0.717, 1.165) is 33.1 Å². The fourth-order valence-electron chi connectivity index (χ4n) is 5.40. The molecule has 0 N–H and O–H groups in total. The van der Waals surface area contributed by atoms with Crippen LogP contribution in [-0.4, -0.2) is 19.5 Å². The van der Waals surface area contributed by atoms with Gasteiger partial charge in [0.2, 0.25) is 5.95 Å². The standard InChI is InChI=1S/C33H20N4S/c1-3-9-21(10-4-1)23-19-35-33(36-20-23)37-28-15-8-16-34-31(28)27-17-26-25-14-7-13-24(22-11-5-2-6-12-22)32(25)38-30(26)18-29(27)37/h1-20H. The van der Waals surface area contributed by atoms with E-state index >= 15 is 0 Å². The predicted octanol–water partition coefficient (Wildman–Crippen LogP) is 8.67. The Hall–Kier alpha value is -4.87. The lowest BCUT2D eigenvalue weighted by Crippen LogP contribution is -2.00. The highest BCUT2D eigenvalue weighted by molar-refractivity contribution is 7.26. The molecule has 8 rings (SSSR count). The van der Waals surface area contributed by atoms with Gasteiger partial charge in [0.25, 0.3) is 0 Å². The Morgan fingerprint density at radius 2 is 1.32 bits per heavy atom. The van der Waals surface area contributed by atoms with Crippen LogP contribution in [0.1, 0.15) is 0 Å². The molecule has 8 aromatic rings. The zero-order valence-corrected chi connectivity index (χ0v) is 21.1. The zero-order chi connectivity index (χ0) is 25.1. The summed E-state index contributed by atoms with van der Waals surface area (Å²) in [6.45, 7) is 0. The van der Waals surface area contributed by atoms with Crippen molar-refractivity contribution < 1.29 is 0 Å². The first-order valence-corrected chi connectivity index (χ1v) is 13.3. The van der Waals surface area contributed by atoms with E-state index in [1.807, 2.05) is 54.2 Å². The van der Waals surface area contributed by atoms with Crippen LogP contribution in [0.15, 0.2) is 122 Å². The van der Waals surface area contributed by atoms with Crippen molar-refractivity contribution in [2.45, 2.75) is 0 Å². The fraction of sp³-hybridized carbons (Fsp3) is 0. The number of rotatable bonds is 3. The number of fused-ring (bicyclic) bond motifs is 6. The van der Waals surface area contributed by atoms with Crippen LogP contribution < -0.4 is 0 Å². The molecule has 4 aromatic carbocycles. The van der Waals surface area contributed by atoms with Gasteiger partial charge in [-0.3, -0.25) is 9.55 Å². The van der Waals surface area contributed by atoms with Gasteiger partial charge in [0.05, 0.1) is 16.6 Å². The third kappa shape index (κ3) is 3.19. The SMILES string of the molecule is c1ccc(-c2cnc(-n3c4cc5sc6c(-c7ccccc7)cccc6c5cc4c4ncccc43)nc2)cc1. The fourth-order valence-corrected chi connectivity index (χ4v) is 6.65. The molecule has 0 unspecified atom stereocenters. The molecule has 4 nitrogen and oxygen atoms in total. The summed E-state index contributed by atoms with van der Waals surface area (Å²) in [5.41, 5.74) is 7.61. The van der Waals surface area contributed by atoms with E-state index < -0.39 is 0 Å². The van der Waals surface area contributed by atoms with Crippen LogP contribution in [-0.2, 0) is 0 Å². The van der Waals surface area contributed by atoms with E-state index in [2.05, 4.69) is 83.4 Å². The van der Waals surface area contributed by atoms with Gasteiger partial charge in [-0.15, -0.1) is 11.3 Å². The molecule has 38 heavy (non-hydrogen) atoms. The van der Waals surface area contributed by atoms with Crippen LogP contribution in [0.4, 0.5) is 0 Å². The number of thiophene rings is 1. The first kappa shape index (κ1) is 21.2. The Balaban J connectivity index is 1.38. The quantitative estimate of drug-likeness (QED) is 0.242. The number of hydrogen-bond acceptors (Lipinski definition) is 4. The maximum absolute atomic E-state index is 4.80. The van der Waals surface area contributed by atoms with E-state index in [9.17, 15) is 0 Å². The molecule has 0 aliphatic carbocycles. The Morgan fingerprint density at radius 3 is 2.11 bits per heavy atom. The van der Waals surface area contributed by atoms with Crippen LogP contribution >= 0.6 is 11.3 Å². The molecule has 5 heteroatoms. The van der Waals surface area contributed by atoms with E-state index in [1.165, 1.54) is 31.3 Å². The van der Waals surface area contributed by atoms with Crippen LogP contribution in [0.2, 0.25) is 0 Å². The monoisotopic (exact) mass is 504 g/mol. The van der Waals surface area contributed by atoms with E-state index in [0.29, 0.717) is 5.95 Å². The van der Waals surface area contributed by atoms with Crippen molar-refractivity contribution in [3.05, 3.63) is 122 Å². The molecule has 4 heterocycles. The van der Waals surface area contributed by atoms with E-state index in [1.54, 1.807) is 0 Å². The van der Waals surface area contributed by atoms with E-state index in [-0.39, 0.29) is 0 Å². The summed E-state index contributed by atoms with van der Waals surface area (Å²) in [6.07, 6.45) is 5.65. The van der Waals surface area contributed by atoms with Crippen LogP contribution in [0, 0.1) is 0 Å². The summed E-state index contributed by atoms with van der Waals surface area (Å²) in [5, 5.41) is 3.63. The highest BCUT2D eigenvalue weighted by atomic mass is 32.1. The third-order valence-electron chi connectivity index (χ3n) is 7.17. The summed E-state index contributed by atoms with van der Waals surface area (Å²) in [4.78, 5) is 14.4. The molecule has 0 atom stereocenters.